The highest BCUT2D eigenvalue weighted by Crippen LogP contribution is 2.30. The first kappa shape index (κ1) is 22.0. The SMILES string of the molecule is CCOc1cc(/C=C2\C(=O)NC(=O)N(c3ccc(Br)cc3)C2=O)ccc1OCC(N)=O. The average Bonchev–Trinajstić information content (AvgIpc) is 2.72. The lowest BCUT2D eigenvalue weighted by Gasteiger charge is -2.26. The average molecular weight is 488 g/mol. The molecular formula is C21H18BrN3O6. The van der Waals surface area contributed by atoms with Gasteiger partial charge in [-0.2, -0.15) is 0 Å². The molecule has 9 nitrogen and oxygen atoms in total. The van der Waals surface area contributed by atoms with Crippen LogP contribution in [0.4, 0.5) is 10.5 Å². The van der Waals surface area contributed by atoms with Gasteiger partial charge in [-0.1, -0.05) is 22.0 Å². The zero-order valence-electron chi connectivity index (χ0n) is 16.4. The molecule has 160 valence electrons. The number of ether oxygens (including phenoxy) is 2. The number of halogens is 1. The number of barbiturate groups is 1. The number of urea groups is 1. The Kier molecular flexibility index (Phi) is 6.71. The van der Waals surface area contributed by atoms with E-state index in [1.165, 1.54) is 12.1 Å². The first-order valence-corrected chi connectivity index (χ1v) is 9.94. The zero-order valence-corrected chi connectivity index (χ0v) is 18.0. The number of imide groups is 2. The van der Waals surface area contributed by atoms with E-state index in [2.05, 4.69) is 21.2 Å². The second-order valence-corrected chi connectivity index (χ2v) is 7.24. The third kappa shape index (κ3) is 5.10. The smallest absolute Gasteiger partial charge is 0.335 e. The third-order valence-electron chi connectivity index (χ3n) is 4.14. The third-order valence-corrected chi connectivity index (χ3v) is 4.66. The molecule has 1 saturated heterocycles. The number of rotatable bonds is 7. The Labute approximate surface area is 185 Å². The fourth-order valence-electron chi connectivity index (χ4n) is 2.80. The molecule has 10 heteroatoms. The molecule has 2 aromatic carbocycles. The number of carbonyl (C=O) groups is 4. The lowest BCUT2D eigenvalue weighted by molar-refractivity contribution is -0.123. The summed E-state index contributed by atoms with van der Waals surface area (Å²) in [6.07, 6.45) is 1.34. The highest BCUT2D eigenvalue weighted by Gasteiger charge is 2.36. The lowest BCUT2D eigenvalue weighted by Crippen LogP contribution is -2.54. The van der Waals surface area contributed by atoms with E-state index >= 15 is 0 Å². The van der Waals surface area contributed by atoms with Crippen molar-refractivity contribution in [1.29, 1.82) is 0 Å². The van der Waals surface area contributed by atoms with Gasteiger partial charge < -0.3 is 15.2 Å². The van der Waals surface area contributed by atoms with Crippen LogP contribution in [-0.4, -0.2) is 37.0 Å². The summed E-state index contributed by atoms with van der Waals surface area (Å²) in [6.45, 7) is 1.76. The quantitative estimate of drug-likeness (QED) is 0.455. The van der Waals surface area contributed by atoms with Crippen molar-refractivity contribution in [3.8, 4) is 11.5 Å². The minimum absolute atomic E-state index is 0.226. The molecule has 31 heavy (non-hydrogen) atoms. The van der Waals surface area contributed by atoms with Gasteiger partial charge >= 0.3 is 6.03 Å². The van der Waals surface area contributed by atoms with Crippen LogP contribution in [0.5, 0.6) is 11.5 Å². The maximum atomic E-state index is 12.9. The van der Waals surface area contributed by atoms with Crippen molar-refractivity contribution in [2.45, 2.75) is 6.92 Å². The van der Waals surface area contributed by atoms with E-state index in [1.54, 1.807) is 43.3 Å². The van der Waals surface area contributed by atoms with E-state index in [9.17, 15) is 19.2 Å². The van der Waals surface area contributed by atoms with Crippen LogP contribution >= 0.6 is 15.9 Å². The first-order chi connectivity index (χ1) is 14.8. The summed E-state index contributed by atoms with van der Waals surface area (Å²) in [5.41, 5.74) is 5.64. The normalized spacial score (nSPS) is 15.1. The molecule has 5 amide bonds. The van der Waals surface area contributed by atoms with Crippen molar-refractivity contribution >= 4 is 51.4 Å². The predicted molar refractivity (Wildman–Crippen MR) is 115 cm³/mol. The fourth-order valence-corrected chi connectivity index (χ4v) is 3.06. The minimum Gasteiger partial charge on any atom is -0.490 e. The molecule has 3 N–H and O–H groups in total. The van der Waals surface area contributed by atoms with Crippen LogP contribution in [0.1, 0.15) is 12.5 Å². The Bertz CT molecular complexity index is 1080. The van der Waals surface area contributed by atoms with Gasteiger partial charge in [0.25, 0.3) is 17.7 Å². The van der Waals surface area contributed by atoms with E-state index < -0.39 is 23.8 Å². The van der Waals surface area contributed by atoms with Crippen molar-refractivity contribution in [1.82, 2.24) is 5.32 Å². The van der Waals surface area contributed by atoms with Crippen LogP contribution in [0.3, 0.4) is 0 Å². The van der Waals surface area contributed by atoms with Crippen molar-refractivity contribution in [3.05, 3.63) is 58.1 Å². The number of benzene rings is 2. The molecule has 0 bridgehead atoms. The Hall–Kier alpha value is -3.66. The molecule has 1 fully saturated rings. The van der Waals surface area contributed by atoms with Crippen LogP contribution in [0, 0.1) is 0 Å². The molecule has 0 radical (unpaired) electrons. The second kappa shape index (κ2) is 9.43. The number of nitrogens with zero attached hydrogens (tertiary/aromatic N) is 1. The molecule has 0 spiro atoms. The van der Waals surface area contributed by atoms with Gasteiger partial charge in [0.05, 0.1) is 12.3 Å². The van der Waals surface area contributed by atoms with E-state index in [-0.39, 0.29) is 17.9 Å². The van der Waals surface area contributed by atoms with Gasteiger partial charge in [0, 0.05) is 4.47 Å². The molecule has 1 aliphatic heterocycles. The van der Waals surface area contributed by atoms with Gasteiger partial charge in [0.1, 0.15) is 5.57 Å². The van der Waals surface area contributed by atoms with Crippen LogP contribution < -0.4 is 25.4 Å². The molecule has 2 aromatic rings. The Balaban J connectivity index is 1.95. The molecule has 1 heterocycles. The second-order valence-electron chi connectivity index (χ2n) is 6.33. The fraction of sp³-hybridized carbons (Fsp3) is 0.143. The lowest BCUT2D eigenvalue weighted by atomic mass is 10.1. The molecular weight excluding hydrogens is 470 g/mol. The molecule has 0 saturated carbocycles. The summed E-state index contributed by atoms with van der Waals surface area (Å²) in [4.78, 5) is 49.4. The van der Waals surface area contributed by atoms with E-state index in [0.29, 0.717) is 23.6 Å². The summed E-state index contributed by atoms with van der Waals surface area (Å²) in [6, 6.07) is 10.3. The molecule has 0 unspecified atom stereocenters. The number of hydrogen-bond acceptors (Lipinski definition) is 6. The Morgan fingerprint density at radius 2 is 1.81 bits per heavy atom. The number of nitrogens with one attached hydrogen (secondary N) is 1. The number of amides is 5. The maximum absolute atomic E-state index is 12.9. The number of primary amides is 1. The molecule has 1 aliphatic rings. The van der Waals surface area contributed by atoms with Gasteiger partial charge in [-0.05, 0) is 55.0 Å². The maximum Gasteiger partial charge on any atom is 0.335 e. The van der Waals surface area contributed by atoms with Crippen LogP contribution in [0.2, 0.25) is 0 Å². The highest BCUT2D eigenvalue weighted by atomic mass is 79.9. The summed E-state index contributed by atoms with van der Waals surface area (Å²) in [5.74, 6) is -1.62. The van der Waals surface area contributed by atoms with Crippen molar-refractivity contribution in [2.24, 2.45) is 5.73 Å². The van der Waals surface area contributed by atoms with Crippen molar-refractivity contribution in [3.63, 3.8) is 0 Å². The molecule has 0 aliphatic carbocycles. The van der Waals surface area contributed by atoms with E-state index in [4.69, 9.17) is 15.2 Å². The summed E-state index contributed by atoms with van der Waals surface area (Å²) < 4.78 is 11.6. The summed E-state index contributed by atoms with van der Waals surface area (Å²) in [5, 5.41) is 2.17. The standard InChI is InChI=1S/C21H18BrN3O6/c1-2-30-17-10-12(3-8-16(17)31-11-18(23)26)9-15-19(27)24-21(29)25(20(15)28)14-6-4-13(22)5-7-14/h3-10H,2,11H2,1H3,(H2,23,26)(H,24,27,29)/b15-9+. The summed E-state index contributed by atoms with van der Waals surface area (Å²) >= 11 is 3.29. The van der Waals surface area contributed by atoms with E-state index in [0.717, 1.165) is 9.37 Å². The van der Waals surface area contributed by atoms with Crippen molar-refractivity contribution in [2.75, 3.05) is 18.1 Å². The van der Waals surface area contributed by atoms with Gasteiger partial charge in [-0.25, -0.2) is 9.69 Å². The van der Waals surface area contributed by atoms with Crippen molar-refractivity contribution < 1.29 is 28.7 Å². The minimum atomic E-state index is -0.834. The Morgan fingerprint density at radius 1 is 1.10 bits per heavy atom. The number of anilines is 1. The predicted octanol–water partition coefficient (Wildman–Crippen LogP) is 2.38. The van der Waals surface area contributed by atoms with Gasteiger partial charge in [-0.3, -0.25) is 19.7 Å². The van der Waals surface area contributed by atoms with Crippen LogP contribution in [0.15, 0.2) is 52.5 Å². The zero-order chi connectivity index (χ0) is 22.5. The molecule has 3 rings (SSSR count). The molecule has 0 aromatic heterocycles. The number of carbonyl (C=O) groups excluding carboxylic acids is 4. The van der Waals surface area contributed by atoms with Gasteiger partial charge in [0.15, 0.2) is 18.1 Å². The molecule has 0 atom stereocenters. The summed E-state index contributed by atoms with van der Waals surface area (Å²) in [7, 11) is 0. The van der Waals surface area contributed by atoms with E-state index in [1.807, 2.05) is 0 Å². The first-order valence-electron chi connectivity index (χ1n) is 9.15. The largest absolute Gasteiger partial charge is 0.490 e. The number of hydrogen-bond donors (Lipinski definition) is 2. The van der Waals surface area contributed by atoms with Crippen LogP contribution in [-0.2, 0) is 14.4 Å². The van der Waals surface area contributed by atoms with Crippen LogP contribution in [0.25, 0.3) is 6.08 Å². The number of nitrogens with two attached hydrogens (primary N) is 1. The topological polar surface area (TPSA) is 128 Å². The monoisotopic (exact) mass is 487 g/mol. The Morgan fingerprint density at radius 3 is 2.45 bits per heavy atom. The van der Waals surface area contributed by atoms with Gasteiger partial charge in [-0.15, -0.1) is 0 Å². The van der Waals surface area contributed by atoms with Gasteiger partial charge in [0.2, 0.25) is 0 Å². The highest BCUT2D eigenvalue weighted by molar-refractivity contribution is 9.10.